The van der Waals surface area contributed by atoms with Crippen LogP contribution in [0.3, 0.4) is 0 Å². The van der Waals surface area contributed by atoms with Crippen molar-refractivity contribution < 1.29 is 14.8 Å². The van der Waals surface area contributed by atoms with E-state index < -0.39 is 10.9 Å². The van der Waals surface area contributed by atoms with Gasteiger partial charge in [0.1, 0.15) is 0 Å². The molecule has 1 rings (SSSR count). The molecule has 1 N–H and O–H groups in total. The molecule has 1 aromatic rings. The first kappa shape index (κ1) is 12.4. The van der Waals surface area contributed by atoms with Crippen molar-refractivity contribution >= 4 is 17.7 Å². The Kier molecular flexibility index (Phi) is 3.57. The molecule has 17 heavy (non-hydrogen) atoms. The lowest BCUT2D eigenvalue weighted by Crippen LogP contribution is -1.96. The van der Waals surface area contributed by atoms with Crippen molar-refractivity contribution in [1.29, 1.82) is 5.26 Å². The molecule has 6 heteroatoms. The molecule has 0 saturated carbocycles. The van der Waals surface area contributed by atoms with E-state index in [0.29, 0.717) is 5.56 Å². The number of hydrogen-bond acceptors (Lipinski definition) is 4. The third-order valence-corrected chi connectivity index (χ3v) is 2.14. The van der Waals surface area contributed by atoms with Crippen LogP contribution in [0.1, 0.15) is 16.7 Å². The van der Waals surface area contributed by atoms with Gasteiger partial charge in [-0.25, -0.2) is 4.79 Å². The second kappa shape index (κ2) is 4.90. The molecular formula is C11H8N2O4. The van der Waals surface area contributed by atoms with Gasteiger partial charge in [0, 0.05) is 17.7 Å². The van der Waals surface area contributed by atoms with Gasteiger partial charge in [0.05, 0.1) is 16.6 Å². The van der Waals surface area contributed by atoms with Crippen LogP contribution < -0.4 is 0 Å². The van der Waals surface area contributed by atoms with Crippen molar-refractivity contribution in [2.75, 3.05) is 0 Å². The normalized spacial score (nSPS) is 10.1. The van der Waals surface area contributed by atoms with Gasteiger partial charge in [-0.1, -0.05) is 0 Å². The largest absolute Gasteiger partial charge is 0.478 e. The average molecular weight is 232 g/mol. The fourth-order valence-corrected chi connectivity index (χ4v) is 1.29. The molecule has 0 amide bonds. The van der Waals surface area contributed by atoms with Crippen LogP contribution in [-0.4, -0.2) is 16.0 Å². The third kappa shape index (κ3) is 2.89. The van der Waals surface area contributed by atoms with E-state index >= 15 is 0 Å². The maximum absolute atomic E-state index is 10.7. The number of nitriles is 1. The summed E-state index contributed by atoms with van der Waals surface area (Å²) in [5.41, 5.74) is 0.532. The highest BCUT2D eigenvalue weighted by Crippen LogP contribution is 2.24. The van der Waals surface area contributed by atoms with E-state index in [1.165, 1.54) is 25.1 Å². The molecule has 1 aromatic carbocycles. The fourth-order valence-electron chi connectivity index (χ4n) is 1.29. The highest BCUT2D eigenvalue weighted by atomic mass is 16.6. The van der Waals surface area contributed by atoms with Crippen LogP contribution >= 0.6 is 0 Å². The molecule has 0 aliphatic rings. The molecular weight excluding hydrogens is 224 g/mol. The van der Waals surface area contributed by atoms with Crippen molar-refractivity contribution in [2.45, 2.75) is 6.92 Å². The molecule has 0 radical (unpaired) electrons. The minimum Gasteiger partial charge on any atom is -0.478 e. The van der Waals surface area contributed by atoms with Gasteiger partial charge < -0.3 is 5.11 Å². The monoisotopic (exact) mass is 232 g/mol. The van der Waals surface area contributed by atoms with Crippen molar-refractivity contribution in [3.63, 3.8) is 0 Å². The van der Waals surface area contributed by atoms with Gasteiger partial charge in [0.15, 0.2) is 0 Å². The number of carboxylic acids is 1. The van der Waals surface area contributed by atoms with Crippen LogP contribution in [-0.2, 0) is 4.79 Å². The summed E-state index contributed by atoms with van der Waals surface area (Å²) < 4.78 is 0. The summed E-state index contributed by atoms with van der Waals surface area (Å²) in [6, 6.07) is 4.47. The first-order chi connectivity index (χ1) is 7.95. The van der Waals surface area contributed by atoms with Crippen LogP contribution in [0.25, 0.3) is 6.08 Å². The van der Waals surface area contributed by atoms with E-state index in [2.05, 4.69) is 0 Å². The van der Waals surface area contributed by atoms with Gasteiger partial charge in [-0.3, -0.25) is 10.1 Å². The summed E-state index contributed by atoms with van der Waals surface area (Å²) in [7, 11) is 0. The number of benzene rings is 1. The van der Waals surface area contributed by atoms with Crippen molar-refractivity contribution in [3.8, 4) is 6.07 Å². The smallest absolute Gasteiger partial charge is 0.328 e. The first-order valence-corrected chi connectivity index (χ1v) is 4.56. The van der Waals surface area contributed by atoms with Gasteiger partial charge in [-0.15, -0.1) is 0 Å². The maximum atomic E-state index is 10.7. The second-order valence-electron chi connectivity index (χ2n) is 3.25. The predicted octanol–water partition coefficient (Wildman–Crippen LogP) is 1.87. The number of nitro benzene ring substituents is 1. The lowest BCUT2D eigenvalue weighted by molar-refractivity contribution is -0.385. The molecule has 0 fully saturated rings. The van der Waals surface area contributed by atoms with E-state index in [1.807, 2.05) is 6.07 Å². The van der Waals surface area contributed by atoms with Gasteiger partial charge in [-0.05, 0) is 24.6 Å². The molecule has 6 nitrogen and oxygen atoms in total. The van der Waals surface area contributed by atoms with Gasteiger partial charge in [0.2, 0.25) is 0 Å². The van der Waals surface area contributed by atoms with Gasteiger partial charge >= 0.3 is 5.97 Å². The molecule has 0 aromatic heterocycles. The second-order valence-corrected chi connectivity index (χ2v) is 3.25. The average Bonchev–Trinajstić information content (AvgIpc) is 2.27. The van der Waals surface area contributed by atoms with Crippen molar-refractivity contribution in [2.24, 2.45) is 0 Å². The van der Waals surface area contributed by atoms with E-state index in [1.54, 1.807) is 0 Å². The van der Waals surface area contributed by atoms with E-state index in [4.69, 9.17) is 10.4 Å². The van der Waals surface area contributed by atoms with E-state index in [0.717, 1.165) is 6.08 Å². The minimum atomic E-state index is -1.16. The summed E-state index contributed by atoms with van der Waals surface area (Å²) >= 11 is 0. The Morgan fingerprint density at radius 1 is 1.59 bits per heavy atom. The molecule has 0 aliphatic carbocycles. The van der Waals surface area contributed by atoms with Crippen LogP contribution in [0.2, 0.25) is 0 Å². The summed E-state index contributed by atoms with van der Waals surface area (Å²) in [6.07, 6.45) is 2.06. The molecule has 0 heterocycles. The number of hydrogen-bond donors (Lipinski definition) is 1. The number of nitro groups is 1. The Morgan fingerprint density at radius 3 is 2.71 bits per heavy atom. The molecule has 0 bridgehead atoms. The molecule has 0 saturated heterocycles. The topological polar surface area (TPSA) is 104 Å². The SMILES string of the molecule is Cc1c(C#N)cc(/C=C/C(=O)O)cc1[N+](=O)[O-]. The number of aliphatic carboxylic acids is 1. The number of nitrogens with zero attached hydrogens (tertiary/aromatic N) is 2. The van der Waals surface area contributed by atoms with E-state index in [-0.39, 0.29) is 16.8 Å². The zero-order valence-corrected chi connectivity index (χ0v) is 8.88. The summed E-state index contributed by atoms with van der Waals surface area (Å²) in [4.78, 5) is 20.5. The summed E-state index contributed by atoms with van der Waals surface area (Å²) in [6.45, 7) is 1.47. The highest BCUT2D eigenvalue weighted by Gasteiger charge is 2.15. The lowest BCUT2D eigenvalue weighted by Gasteiger charge is -2.01. The van der Waals surface area contributed by atoms with Gasteiger partial charge in [-0.2, -0.15) is 5.26 Å². The Bertz CT molecular complexity index is 555. The van der Waals surface area contributed by atoms with Crippen LogP contribution in [0.4, 0.5) is 5.69 Å². The molecule has 0 atom stereocenters. The Hall–Kier alpha value is -2.68. The molecule has 86 valence electrons. The maximum Gasteiger partial charge on any atom is 0.328 e. The highest BCUT2D eigenvalue weighted by molar-refractivity contribution is 5.85. The van der Waals surface area contributed by atoms with Crippen molar-refractivity contribution in [3.05, 3.63) is 45.0 Å². The molecule has 0 aliphatic heterocycles. The zero-order chi connectivity index (χ0) is 13.0. The third-order valence-electron chi connectivity index (χ3n) is 2.14. The summed E-state index contributed by atoms with van der Waals surface area (Å²) in [5.74, 6) is -1.16. The Balaban J connectivity index is 3.36. The number of carbonyl (C=O) groups is 1. The van der Waals surface area contributed by atoms with Crippen LogP contribution in [0, 0.1) is 28.4 Å². The zero-order valence-electron chi connectivity index (χ0n) is 8.88. The first-order valence-electron chi connectivity index (χ1n) is 4.56. The van der Waals surface area contributed by atoms with Crippen LogP contribution in [0.5, 0.6) is 0 Å². The van der Waals surface area contributed by atoms with Crippen molar-refractivity contribution in [1.82, 2.24) is 0 Å². The van der Waals surface area contributed by atoms with Gasteiger partial charge in [0.25, 0.3) is 5.69 Å². The standard InChI is InChI=1S/C11H8N2O4/c1-7-9(6-12)4-8(2-3-11(14)15)5-10(7)13(16)17/h2-5H,1H3,(H,14,15)/b3-2+. The number of carboxylic acid groups (broad SMARTS) is 1. The number of rotatable bonds is 3. The quantitative estimate of drug-likeness (QED) is 0.486. The Morgan fingerprint density at radius 2 is 2.24 bits per heavy atom. The molecule has 0 spiro atoms. The predicted molar refractivity (Wildman–Crippen MR) is 59.2 cm³/mol. The van der Waals surface area contributed by atoms with E-state index in [9.17, 15) is 14.9 Å². The lowest BCUT2D eigenvalue weighted by atomic mass is 10.0. The van der Waals surface area contributed by atoms with Crippen LogP contribution in [0.15, 0.2) is 18.2 Å². The minimum absolute atomic E-state index is 0.157. The summed E-state index contributed by atoms with van der Waals surface area (Å²) in [5, 5.41) is 28.0. The fraction of sp³-hybridized carbons (Fsp3) is 0.0909. The Labute approximate surface area is 96.6 Å². The molecule has 0 unspecified atom stereocenters.